The topological polar surface area (TPSA) is 63.7 Å². The number of likely N-dealkylation sites (tertiary alicyclic amines) is 1. The van der Waals surface area contributed by atoms with Gasteiger partial charge in [0.1, 0.15) is 5.75 Å². The number of piperidine rings is 1. The van der Waals surface area contributed by atoms with E-state index in [-0.39, 0.29) is 10.8 Å². The molecule has 0 radical (unpaired) electrons. The molecule has 1 aliphatic heterocycles. The number of amides is 1. The molecule has 0 bridgehead atoms. The zero-order chi connectivity index (χ0) is 18.1. The molecule has 1 saturated heterocycles. The lowest BCUT2D eigenvalue weighted by Crippen LogP contribution is -2.43. The van der Waals surface area contributed by atoms with E-state index in [2.05, 4.69) is 0 Å². The van der Waals surface area contributed by atoms with Crippen molar-refractivity contribution in [3.63, 3.8) is 0 Å². The third-order valence-electron chi connectivity index (χ3n) is 3.95. The number of hydrogen-bond donors (Lipinski definition) is 0. The fraction of sp³-hybridized carbons (Fsp3) is 0.500. The Hall–Kier alpha value is -0.400. The molecule has 1 heterocycles. The molecular formula is C14H15Cl4NO4S. The maximum Gasteiger partial charge on any atom is 0.274 e. The van der Waals surface area contributed by atoms with Crippen molar-refractivity contribution in [3.8, 4) is 5.75 Å². The van der Waals surface area contributed by atoms with Crippen molar-refractivity contribution in [3.05, 3.63) is 23.8 Å². The van der Waals surface area contributed by atoms with Crippen LogP contribution in [0.5, 0.6) is 5.75 Å². The Morgan fingerprint density at radius 3 is 2.29 bits per heavy atom. The molecule has 5 nitrogen and oxygen atoms in total. The maximum absolute atomic E-state index is 12.0. The Morgan fingerprint density at radius 1 is 1.25 bits per heavy atom. The highest BCUT2D eigenvalue weighted by atomic mass is 35.7. The number of alkyl halides is 3. The number of ether oxygens (including phenoxy) is 1. The van der Waals surface area contributed by atoms with Crippen LogP contribution in [0.1, 0.15) is 24.3 Å². The van der Waals surface area contributed by atoms with E-state index in [0.29, 0.717) is 31.7 Å². The molecule has 2 rings (SSSR count). The monoisotopic (exact) mass is 433 g/mol. The van der Waals surface area contributed by atoms with Crippen molar-refractivity contribution >= 4 is 60.4 Å². The molecule has 0 atom stereocenters. The van der Waals surface area contributed by atoms with E-state index in [1.54, 1.807) is 6.07 Å². The Balaban J connectivity index is 2.21. The molecule has 0 aromatic heterocycles. The minimum absolute atomic E-state index is 0.0118. The zero-order valence-electron chi connectivity index (χ0n) is 12.6. The number of benzene rings is 1. The number of halogens is 4. The molecular weight excluding hydrogens is 420 g/mol. The summed E-state index contributed by atoms with van der Waals surface area (Å²) in [5, 5.41) is 0. The summed E-state index contributed by atoms with van der Waals surface area (Å²) < 4.78 is 26.4. The first-order valence-corrected chi connectivity index (χ1v) is 10.5. The van der Waals surface area contributed by atoms with Crippen LogP contribution in [0.4, 0.5) is 0 Å². The van der Waals surface area contributed by atoms with E-state index < -0.39 is 18.8 Å². The van der Waals surface area contributed by atoms with Crippen LogP contribution in [0.3, 0.4) is 0 Å². The van der Waals surface area contributed by atoms with E-state index in [0.717, 1.165) is 5.56 Å². The Bertz CT molecular complexity index is 725. The number of rotatable bonds is 3. The minimum Gasteiger partial charge on any atom is -0.496 e. The standard InChI is InChI=1S/C14H15Cl4NO4S/c1-23-12-3-2-10(24(18,21)22)8-11(12)9-4-6-19(7-5-9)13(20)14(15,16)17/h2-3,8-9H,4-7H2,1H3. The molecule has 1 aliphatic rings. The van der Waals surface area contributed by atoms with Crippen LogP contribution in [-0.2, 0) is 13.8 Å². The Kier molecular flexibility index (Phi) is 6.19. The van der Waals surface area contributed by atoms with Gasteiger partial charge in [-0.3, -0.25) is 4.79 Å². The van der Waals surface area contributed by atoms with Gasteiger partial charge in [0.15, 0.2) is 0 Å². The van der Waals surface area contributed by atoms with Crippen molar-refractivity contribution in [2.45, 2.75) is 27.4 Å². The SMILES string of the molecule is COc1ccc(S(=O)(=O)Cl)cc1C1CCN(C(=O)C(Cl)(Cl)Cl)CC1. The summed E-state index contributed by atoms with van der Waals surface area (Å²) in [5.41, 5.74) is 0.736. The molecule has 0 N–H and O–H groups in total. The van der Waals surface area contributed by atoms with Crippen LogP contribution in [0.2, 0.25) is 0 Å². The van der Waals surface area contributed by atoms with Gasteiger partial charge in [0.25, 0.3) is 18.8 Å². The average Bonchev–Trinajstić information content (AvgIpc) is 2.52. The van der Waals surface area contributed by atoms with Gasteiger partial charge in [-0.2, -0.15) is 0 Å². The summed E-state index contributed by atoms with van der Waals surface area (Å²) in [6.45, 7) is 0.802. The predicted molar refractivity (Wildman–Crippen MR) is 94.9 cm³/mol. The second kappa shape index (κ2) is 7.46. The lowest BCUT2D eigenvalue weighted by Gasteiger charge is -2.34. The van der Waals surface area contributed by atoms with Gasteiger partial charge in [-0.25, -0.2) is 8.42 Å². The number of nitrogens with zero attached hydrogens (tertiary/aromatic N) is 1. The molecule has 0 saturated carbocycles. The van der Waals surface area contributed by atoms with Gasteiger partial charge < -0.3 is 9.64 Å². The molecule has 0 spiro atoms. The van der Waals surface area contributed by atoms with Crippen LogP contribution in [0.15, 0.2) is 23.1 Å². The largest absolute Gasteiger partial charge is 0.496 e. The minimum atomic E-state index is -3.83. The molecule has 1 amide bonds. The molecule has 1 fully saturated rings. The summed E-state index contributed by atoms with van der Waals surface area (Å²) in [6, 6.07) is 4.48. The average molecular weight is 435 g/mol. The van der Waals surface area contributed by atoms with Gasteiger partial charge in [0.05, 0.1) is 12.0 Å². The van der Waals surface area contributed by atoms with Crippen molar-refractivity contribution in [1.82, 2.24) is 4.90 Å². The Morgan fingerprint density at radius 2 is 1.83 bits per heavy atom. The van der Waals surface area contributed by atoms with Gasteiger partial charge in [0.2, 0.25) is 0 Å². The predicted octanol–water partition coefficient (Wildman–Crippen LogP) is 3.70. The Labute approximate surface area is 160 Å². The molecule has 1 aromatic rings. The lowest BCUT2D eigenvalue weighted by atomic mass is 9.89. The maximum atomic E-state index is 12.0. The van der Waals surface area contributed by atoms with Crippen molar-refractivity contribution in [2.75, 3.05) is 20.2 Å². The lowest BCUT2D eigenvalue weighted by molar-refractivity contribution is -0.131. The third-order valence-corrected chi connectivity index (χ3v) is 5.78. The molecule has 24 heavy (non-hydrogen) atoms. The smallest absolute Gasteiger partial charge is 0.274 e. The first kappa shape index (κ1) is 19.9. The summed E-state index contributed by atoms with van der Waals surface area (Å²) in [5.74, 6) is 0.0259. The summed E-state index contributed by atoms with van der Waals surface area (Å²) in [7, 11) is 3.09. The number of hydrogen-bond acceptors (Lipinski definition) is 4. The first-order valence-electron chi connectivity index (χ1n) is 7.02. The van der Waals surface area contributed by atoms with Crippen molar-refractivity contribution < 1.29 is 17.9 Å². The number of carbonyl (C=O) groups excluding carboxylic acids is 1. The summed E-state index contributed by atoms with van der Waals surface area (Å²) in [6.07, 6.45) is 1.18. The van der Waals surface area contributed by atoms with E-state index in [9.17, 15) is 13.2 Å². The fourth-order valence-electron chi connectivity index (χ4n) is 2.76. The van der Waals surface area contributed by atoms with E-state index in [1.165, 1.54) is 24.1 Å². The zero-order valence-corrected chi connectivity index (χ0v) is 16.5. The molecule has 0 unspecified atom stereocenters. The van der Waals surface area contributed by atoms with E-state index in [1.807, 2.05) is 0 Å². The second-order valence-electron chi connectivity index (χ2n) is 5.41. The van der Waals surface area contributed by atoms with Crippen LogP contribution in [0.25, 0.3) is 0 Å². The number of carbonyl (C=O) groups is 1. The van der Waals surface area contributed by atoms with Gasteiger partial charge >= 0.3 is 0 Å². The van der Waals surface area contributed by atoms with E-state index in [4.69, 9.17) is 50.2 Å². The molecule has 10 heteroatoms. The molecule has 0 aliphatic carbocycles. The van der Waals surface area contributed by atoms with Crippen molar-refractivity contribution in [2.24, 2.45) is 0 Å². The van der Waals surface area contributed by atoms with Gasteiger partial charge in [-0.15, -0.1) is 0 Å². The highest BCUT2D eigenvalue weighted by molar-refractivity contribution is 8.13. The van der Waals surface area contributed by atoms with Gasteiger partial charge in [-0.1, -0.05) is 34.8 Å². The highest BCUT2D eigenvalue weighted by Crippen LogP contribution is 2.38. The third kappa shape index (κ3) is 4.61. The van der Waals surface area contributed by atoms with Crippen LogP contribution in [0, 0.1) is 0 Å². The van der Waals surface area contributed by atoms with Gasteiger partial charge in [0, 0.05) is 23.8 Å². The first-order chi connectivity index (χ1) is 11.0. The van der Waals surface area contributed by atoms with Crippen LogP contribution >= 0.6 is 45.5 Å². The normalized spacial score (nSPS) is 17.0. The van der Waals surface area contributed by atoms with Gasteiger partial charge in [-0.05, 0) is 42.5 Å². The number of methoxy groups -OCH3 is 1. The van der Waals surface area contributed by atoms with Crippen molar-refractivity contribution in [1.29, 1.82) is 0 Å². The molecule has 1 aromatic carbocycles. The highest BCUT2D eigenvalue weighted by Gasteiger charge is 2.37. The summed E-state index contributed by atoms with van der Waals surface area (Å²) in [4.78, 5) is 13.5. The van der Waals surface area contributed by atoms with Crippen LogP contribution in [-0.4, -0.2) is 43.2 Å². The van der Waals surface area contributed by atoms with Crippen LogP contribution < -0.4 is 4.74 Å². The van der Waals surface area contributed by atoms with E-state index >= 15 is 0 Å². The fourth-order valence-corrected chi connectivity index (χ4v) is 3.90. The quantitative estimate of drug-likeness (QED) is 0.537. The molecule has 134 valence electrons. The summed E-state index contributed by atoms with van der Waals surface area (Å²) >= 11 is 16.9. The second-order valence-corrected chi connectivity index (χ2v) is 10.3.